The fraction of sp³-hybridized carbons (Fsp3) is 0.200. The van der Waals surface area contributed by atoms with Crippen molar-refractivity contribution in [2.24, 2.45) is 0 Å². The molecule has 1 aromatic carbocycles. The van der Waals surface area contributed by atoms with E-state index in [0.717, 1.165) is 36.4 Å². The van der Waals surface area contributed by atoms with Crippen molar-refractivity contribution in [3.05, 3.63) is 78.0 Å². The number of hydrogen-bond donors (Lipinski definition) is 0. The summed E-state index contributed by atoms with van der Waals surface area (Å²) in [6.45, 7) is 3.47. The van der Waals surface area contributed by atoms with E-state index in [1.54, 1.807) is 0 Å². The van der Waals surface area contributed by atoms with Crippen LogP contribution >= 0.6 is 0 Å². The van der Waals surface area contributed by atoms with Gasteiger partial charge >= 0.3 is 0 Å². The summed E-state index contributed by atoms with van der Waals surface area (Å²) in [5.74, 6) is 0.849. The molecule has 0 fully saturated rings. The number of hydrogen-bond acceptors (Lipinski definition) is 6. The molecule has 0 radical (unpaired) electrons. The van der Waals surface area contributed by atoms with Gasteiger partial charge in [0.05, 0.1) is 5.69 Å². The highest BCUT2D eigenvalue weighted by Gasteiger charge is 2.18. The molecule has 0 aliphatic carbocycles. The minimum absolute atomic E-state index is 0.520. The van der Waals surface area contributed by atoms with E-state index >= 15 is 0 Å². The molecule has 0 saturated carbocycles. The maximum Gasteiger partial charge on any atom is 0.263 e. The predicted octanol–water partition coefficient (Wildman–Crippen LogP) is 3.57. The first-order valence-electron chi connectivity index (χ1n) is 8.56. The summed E-state index contributed by atoms with van der Waals surface area (Å²) >= 11 is 0. The van der Waals surface area contributed by atoms with Gasteiger partial charge in [-0.3, -0.25) is 4.98 Å². The quantitative estimate of drug-likeness (QED) is 0.532. The largest absolute Gasteiger partial charge is 0.351 e. The van der Waals surface area contributed by atoms with Gasteiger partial charge in [-0.05, 0) is 36.6 Å². The van der Waals surface area contributed by atoms with E-state index in [1.807, 2.05) is 37.5 Å². The van der Waals surface area contributed by atoms with Crippen LogP contribution in [0.5, 0.6) is 0 Å². The zero-order valence-corrected chi connectivity index (χ0v) is 14.5. The van der Waals surface area contributed by atoms with Crippen LogP contribution in [0.15, 0.2) is 65.7 Å². The summed E-state index contributed by atoms with van der Waals surface area (Å²) in [6.07, 6.45) is 6.07. The predicted molar refractivity (Wildman–Crippen MR) is 99.8 cm³/mol. The Balaban J connectivity index is 1.68. The van der Waals surface area contributed by atoms with E-state index < -0.39 is 0 Å². The van der Waals surface area contributed by atoms with E-state index in [1.165, 1.54) is 17.5 Å². The maximum atomic E-state index is 5.31. The smallest absolute Gasteiger partial charge is 0.263 e. The lowest BCUT2D eigenvalue weighted by Crippen LogP contribution is -2.26. The van der Waals surface area contributed by atoms with Crippen LogP contribution in [0.3, 0.4) is 0 Å². The SMILES string of the molecule is Cc1noc2ncnc(N(CCc3ccccc3)Cc3ccncc3)c12. The van der Waals surface area contributed by atoms with E-state index in [9.17, 15) is 0 Å². The van der Waals surface area contributed by atoms with Gasteiger partial charge in [-0.2, -0.15) is 4.98 Å². The second-order valence-electron chi connectivity index (χ2n) is 6.16. The number of fused-ring (bicyclic) bond motifs is 1. The molecule has 130 valence electrons. The first kappa shape index (κ1) is 16.2. The lowest BCUT2D eigenvalue weighted by molar-refractivity contribution is 0.442. The molecule has 0 saturated heterocycles. The minimum atomic E-state index is 0.520. The van der Waals surface area contributed by atoms with Crippen LogP contribution in [-0.4, -0.2) is 26.7 Å². The van der Waals surface area contributed by atoms with Crippen LogP contribution in [0.4, 0.5) is 5.82 Å². The third-order valence-electron chi connectivity index (χ3n) is 4.36. The lowest BCUT2D eigenvalue weighted by Gasteiger charge is -2.24. The first-order valence-corrected chi connectivity index (χ1v) is 8.56. The fourth-order valence-corrected chi connectivity index (χ4v) is 3.02. The van der Waals surface area contributed by atoms with E-state index in [2.05, 4.69) is 49.3 Å². The Hall–Kier alpha value is -3.28. The van der Waals surface area contributed by atoms with E-state index in [0.29, 0.717) is 5.71 Å². The van der Waals surface area contributed by atoms with E-state index in [4.69, 9.17) is 4.52 Å². The zero-order chi connectivity index (χ0) is 17.8. The third kappa shape index (κ3) is 3.39. The van der Waals surface area contributed by atoms with Crippen molar-refractivity contribution in [1.82, 2.24) is 20.1 Å². The fourth-order valence-electron chi connectivity index (χ4n) is 3.02. The van der Waals surface area contributed by atoms with Crippen LogP contribution < -0.4 is 4.90 Å². The van der Waals surface area contributed by atoms with Crippen molar-refractivity contribution in [1.29, 1.82) is 0 Å². The molecule has 4 rings (SSSR count). The summed E-state index contributed by atoms with van der Waals surface area (Å²) in [7, 11) is 0. The number of rotatable bonds is 6. The highest BCUT2D eigenvalue weighted by Crippen LogP contribution is 2.27. The van der Waals surface area contributed by atoms with Crippen LogP contribution in [0.2, 0.25) is 0 Å². The summed E-state index contributed by atoms with van der Waals surface area (Å²) in [5.41, 5.74) is 3.79. The van der Waals surface area contributed by atoms with E-state index in [-0.39, 0.29) is 0 Å². The van der Waals surface area contributed by atoms with Gasteiger partial charge in [0.1, 0.15) is 17.5 Å². The van der Waals surface area contributed by atoms with Gasteiger partial charge in [0.2, 0.25) is 0 Å². The molecule has 4 aromatic rings. The summed E-state index contributed by atoms with van der Waals surface area (Å²) in [6, 6.07) is 14.5. The Labute approximate surface area is 151 Å². The number of aromatic nitrogens is 4. The van der Waals surface area contributed by atoms with Crippen LogP contribution in [0, 0.1) is 6.92 Å². The molecule has 0 aliphatic rings. The molecule has 0 bridgehead atoms. The summed E-state index contributed by atoms with van der Waals surface area (Å²) in [5, 5.41) is 4.92. The van der Waals surface area contributed by atoms with Crippen LogP contribution in [0.1, 0.15) is 16.8 Å². The minimum Gasteiger partial charge on any atom is -0.351 e. The van der Waals surface area contributed by atoms with Gasteiger partial charge < -0.3 is 9.42 Å². The highest BCUT2D eigenvalue weighted by molar-refractivity contribution is 5.87. The maximum absolute atomic E-state index is 5.31. The van der Waals surface area contributed by atoms with Crippen molar-refractivity contribution in [3.8, 4) is 0 Å². The molecule has 0 unspecified atom stereocenters. The van der Waals surface area contributed by atoms with Crippen LogP contribution in [-0.2, 0) is 13.0 Å². The number of nitrogens with zero attached hydrogens (tertiary/aromatic N) is 5. The van der Waals surface area contributed by atoms with Crippen molar-refractivity contribution in [2.45, 2.75) is 19.9 Å². The molecular formula is C20H19N5O. The van der Waals surface area contributed by atoms with Gasteiger partial charge in [0.15, 0.2) is 0 Å². The Morgan fingerprint density at radius 2 is 1.77 bits per heavy atom. The third-order valence-corrected chi connectivity index (χ3v) is 4.36. The van der Waals surface area contributed by atoms with Crippen molar-refractivity contribution in [3.63, 3.8) is 0 Å². The van der Waals surface area contributed by atoms with Crippen molar-refractivity contribution in [2.75, 3.05) is 11.4 Å². The van der Waals surface area contributed by atoms with Gasteiger partial charge in [0, 0.05) is 25.5 Å². The summed E-state index contributed by atoms with van der Waals surface area (Å²) in [4.78, 5) is 15.1. The highest BCUT2D eigenvalue weighted by atomic mass is 16.5. The first-order chi connectivity index (χ1) is 12.8. The molecule has 0 N–H and O–H groups in total. The number of pyridine rings is 1. The second kappa shape index (κ2) is 7.31. The van der Waals surface area contributed by atoms with Gasteiger partial charge in [-0.1, -0.05) is 35.5 Å². The molecule has 3 aromatic heterocycles. The second-order valence-corrected chi connectivity index (χ2v) is 6.16. The normalized spacial score (nSPS) is 11.0. The van der Waals surface area contributed by atoms with Gasteiger partial charge in [-0.15, -0.1) is 0 Å². The monoisotopic (exact) mass is 345 g/mol. The van der Waals surface area contributed by atoms with Crippen LogP contribution in [0.25, 0.3) is 11.1 Å². The molecule has 26 heavy (non-hydrogen) atoms. The Morgan fingerprint density at radius 3 is 2.58 bits per heavy atom. The topological polar surface area (TPSA) is 67.9 Å². The average Bonchev–Trinajstić information content (AvgIpc) is 3.08. The number of benzene rings is 1. The Kier molecular flexibility index (Phi) is 4.55. The molecule has 6 heteroatoms. The summed E-state index contributed by atoms with van der Waals surface area (Å²) < 4.78 is 5.31. The zero-order valence-electron chi connectivity index (χ0n) is 14.5. The van der Waals surface area contributed by atoms with Crippen molar-refractivity contribution >= 4 is 16.9 Å². The van der Waals surface area contributed by atoms with Gasteiger partial charge in [0.25, 0.3) is 5.71 Å². The molecule has 0 atom stereocenters. The molecule has 0 amide bonds. The van der Waals surface area contributed by atoms with Gasteiger partial charge in [-0.25, -0.2) is 4.98 Å². The molecular weight excluding hydrogens is 326 g/mol. The Morgan fingerprint density at radius 1 is 0.962 bits per heavy atom. The molecule has 0 spiro atoms. The standard InChI is InChI=1S/C20H19N5O/c1-15-18-19(22-14-23-20(18)26-24-15)25(13-17-7-10-21-11-8-17)12-9-16-5-3-2-4-6-16/h2-8,10-11,14H,9,12-13H2,1H3. The molecule has 3 heterocycles. The molecule has 0 aliphatic heterocycles. The number of anilines is 1. The molecule has 6 nitrogen and oxygen atoms in total. The average molecular weight is 345 g/mol. The number of aryl methyl sites for hydroxylation is 1. The van der Waals surface area contributed by atoms with Crippen molar-refractivity contribution < 1.29 is 4.52 Å². The lowest BCUT2D eigenvalue weighted by atomic mass is 10.1. The Bertz CT molecular complexity index is 985.